The van der Waals surface area contributed by atoms with Crippen LogP contribution in [0.2, 0.25) is 0 Å². The third-order valence-corrected chi connectivity index (χ3v) is 2.66. The van der Waals surface area contributed by atoms with Crippen molar-refractivity contribution in [2.24, 2.45) is 0 Å². The van der Waals surface area contributed by atoms with E-state index in [2.05, 4.69) is 4.74 Å². The average molecular weight is 269 g/mol. The minimum atomic E-state index is -0.656. The van der Waals surface area contributed by atoms with Gasteiger partial charge < -0.3 is 4.74 Å². The SMILES string of the molecule is COC(=O)Cc1ccc([N+](=O)[O-])c(C#N)c1CCl. The molecule has 0 aliphatic carbocycles. The smallest absolute Gasteiger partial charge is 0.309 e. The number of rotatable bonds is 4. The Morgan fingerprint density at radius 3 is 2.72 bits per heavy atom. The molecule has 0 aliphatic heterocycles. The normalized spacial score (nSPS) is 9.61. The molecule has 0 heterocycles. The summed E-state index contributed by atoms with van der Waals surface area (Å²) < 4.78 is 4.51. The molecule has 0 fully saturated rings. The molecule has 0 saturated heterocycles. The molecule has 1 aromatic rings. The van der Waals surface area contributed by atoms with Gasteiger partial charge in [-0.25, -0.2) is 0 Å². The second-order valence-corrected chi connectivity index (χ2v) is 3.62. The van der Waals surface area contributed by atoms with Gasteiger partial charge in [0, 0.05) is 11.9 Å². The van der Waals surface area contributed by atoms with Crippen LogP contribution in [0, 0.1) is 21.4 Å². The minimum absolute atomic E-state index is 0.0781. The Labute approximate surface area is 108 Å². The van der Waals surface area contributed by atoms with Crippen molar-refractivity contribution in [1.82, 2.24) is 0 Å². The highest BCUT2D eigenvalue weighted by Gasteiger charge is 2.21. The second kappa shape index (κ2) is 5.98. The van der Waals surface area contributed by atoms with Gasteiger partial charge in [-0.2, -0.15) is 5.26 Å². The predicted octanol–water partition coefficient (Wildman–Crippen LogP) is 1.92. The summed E-state index contributed by atoms with van der Waals surface area (Å²) in [5, 5.41) is 19.7. The zero-order valence-electron chi connectivity index (χ0n) is 9.47. The number of hydrogen-bond donors (Lipinski definition) is 0. The van der Waals surface area contributed by atoms with Gasteiger partial charge in [0.25, 0.3) is 5.69 Å². The van der Waals surface area contributed by atoms with Crippen molar-refractivity contribution in [2.45, 2.75) is 12.3 Å². The van der Waals surface area contributed by atoms with Gasteiger partial charge in [0.05, 0.1) is 18.5 Å². The first-order valence-corrected chi connectivity index (χ1v) is 5.40. The number of carbonyl (C=O) groups is 1. The molecular weight excluding hydrogens is 260 g/mol. The lowest BCUT2D eigenvalue weighted by Crippen LogP contribution is -2.08. The molecule has 6 nitrogen and oxygen atoms in total. The topological polar surface area (TPSA) is 93.2 Å². The molecule has 0 N–H and O–H groups in total. The van der Waals surface area contributed by atoms with Crippen LogP contribution in [0.3, 0.4) is 0 Å². The van der Waals surface area contributed by atoms with Crippen molar-refractivity contribution >= 4 is 23.3 Å². The first-order valence-electron chi connectivity index (χ1n) is 4.87. The van der Waals surface area contributed by atoms with Gasteiger partial charge in [-0.1, -0.05) is 6.07 Å². The molecule has 1 aromatic carbocycles. The number of hydrogen-bond acceptors (Lipinski definition) is 5. The molecule has 0 aliphatic rings. The van der Waals surface area contributed by atoms with Gasteiger partial charge in [-0.3, -0.25) is 14.9 Å². The third kappa shape index (κ3) is 2.76. The lowest BCUT2D eigenvalue weighted by Gasteiger charge is -2.08. The molecule has 0 radical (unpaired) electrons. The first kappa shape index (κ1) is 13.9. The predicted molar refractivity (Wildman–Crippen MR) is 63.1 cm³/mol. The molecule has 0 bridgehead atoms. The van der Waals surface area contributed by atoms with Gasteiger partial charge in [0.1, 0.15) is 11.6 Å². The molecule has 0 aromatic heterocycles. The van der Waals surface area contributed by atoms with E-state index >= 15 is 0 Å². The Balaban J connectivity index is 3.35. The van der Waals surface area contributed by atoms with Crippen molar-refractivity contribution < 1.29 is 14.5 Å². The van der Waals surface area contributed by atoms with Crippen LogP contribution >= 0.6 is 11.6 Å². The summed E-state index contributed by atoms with van der Waals surface area (Å²) in [5.41, 5.74) is 0.316. The Bertz CT molecular complexity index is 537. The lowest BCUT2D eigenvalue weighted by atomic mass is 9.99. The van der Waals surface area contributed by atoms with E-state index in [-0.39, 0.29) is 23.6 Å². The van der Waals surface area contributed by atoms with Crippen molar-refractivity contribution in [3.63, 3.8) is 0 Å². The molecule has 1 rings (SSSR count). The number of nitro benzene ring substituents is 1. The summed E-state index contributed by atoms with van der Waals surface area (Å²) in [6, 6.07) is 4.35. The monoisotopic (exact) mass is 268 g/mol. The fraction of sp³-hybridized carbons (Fsp3) is 0.273. The fourth-order valence-electron chi connectivity index (χ4n) is 1.50. The lowest BCUT2D eigenvalue weighted by molar-refractivity contribution is -0.385. The Morgan fingerprint density at radius 2 is 2.28 bits per heavy atom. The fourth-order valence-corrected chi connectivity index (χ4v) is 1.81. The van der Waals surface area contributed by atoms with Crippen LogP contribution in [0.15, 0.2) is 12.1 Å². The van der Waals surface area contributed by atoms with Crippen LogP contribution in [-0.4, -0.2) is 18.0 Å². The van der Waals surface area contributed by atoms with Crippen molar-refractivity contribution in [1.29, 1.82) is 5.26 Å². The summed E-state index contributed by atoms with van der Waals surface area (Å²) in [4.78, 5) is 21.3. The van der Waals surface area contributed by atoms with Crippen LogP contribution < -0.4 is 0 Å². The van der Waals surface area contributed by atoms with Crippen molar-refractivity contribution in [3.8, 4) is 6.07 Å². The van der Waals surface area contributed by atoms with E-state index in [1.807, 2.05) is 0 Å². The van der Waals surface area contributed by atoms with E-state index in [0.29, 0.717) is 11.1 Å². The van der Waals surface area contributed by atoms with E-state index in [0.717, 1.165) is 0 Å². The molecule has 0 amide bonds. The number of esters is 1. The van der Waals surface area contributed by atoms with Crippen LogP contribution in [0.4, 0.5) is 5.69 Å². The quantitative estimate of drug-likeness (QED) is 0.360. The average Bonchev–Trinajstić information content (AvgIpc) is 2.37. The van der Waals surface area contributed by atoms with Crippen LogP contribution in [0.5, 0.6) is 0 Å². The third-order valence-electron chi connectivity index (χ3n) is 2.39. The molecule has 18 heavy (non-hydrogen) atoms. The molecule has 0 spiro atoms. The van der Waals surface area contributed by atoms with E-state index in [1.165, 1.54) is 19.2 Å². The van der Waals surface area contributed by atoms with Gasteiger partial charge >= 0.3 is 5.97 Å². The number of carbonyl (C=O) groups excluding carboxylic acids is 1. The van der Waals surface area contributed by atoms with E-state index in [1.54, 1.807) is 6.07 Å². The maximum absolute atomic E-state index is 11.2. The highest BCUT2D eigenvalue weighted by Crippen LogP contribution is 2.26. The van der Waals surface area contributed by atoms with Crippen LogP contribution in [0.1, 0.15) is 16.7 Å². The Morgan fingerprint density at radius 1 is 1.61 bits per heavy atom. The van der Waals surface area contributed by atoms with Crippen LogP contribution in [0.25, 0.3) is 0 Å². The summed E-state index contributed by atoms with van der Waals surface area (Å²) in [5.74, 6) is -0.587. The number of nitrogens with zero attached hydrogens (tertiary/aromatic N) is 2. The van der Waals surface area contributed by atoms with E-state index in [4.69, 9.17) is 16.9 Å². The molecule has 7 heteroatoms. The number of ether oxygens (including phenoxy) is 1. The van der Waals surface area contributed by atoms with Gasteiger partial charge in [-0.05, 0) is 11.1 Å². The van der Waals surface area contributed by atoms with Crippen molar-refractivity contribution in [3.05, 3.63) is 38.9 Å². The second-order valence-electron chi connectivity index (χ2n) is 3.35. The Kier molecular flexibility index (Phi) is 4.63. The number of halogens is 1. The highest BCUT2D eigenvalue weighted by molar-refractivity contribution is 6.17. The first-order chi connectivity index (χ1) is 8.54. The van der Waals surface area contributed by atoms with Gasteiger partial charge in [0.2, 0.25) is 0 Å². The maximum Gasteiger partial charge on any atom is 0.309 e. The molecule has 0 unspecified atom stereocenters. The zero-order valence-corrected chi connectivity index (χ0v) is 10.2. The summed E-state index contributed by atoms with van der Waals surface area (Å²) in [7, 11) is 1.24. The zero-order chi connectivity index (χ0) is 13.7. The summed E-state index contributed by atoms with van der Waals surface area (Å²) >= 11 is 5.69. The number of nitriles is 1. The summed E-state index contributed by atoms with van der Waals surface area (Å²) in [6.07, 6.45) is -0.0781. The number of benzene rings is 1. The number of alkyl halides is 1. The molecular formula is C11H9ClN2O4. The summed E-state index contributed by atoms with van der Waals surface area (Å²) in [6.45, 7) is 0. The molecule has 94 valence electrons. The molecule has 0 atom stereocenters. The Hall–Kier alpha value is -2.13. The molecule has 0 saturated carbocycles. The van der Waals surface area contributed by atoms with Crippen molar-refractivity contribution in [2.75, 3.05) is 7.11 Å². The number of nitro groups is 1. The van der Waals surface area contributed by atoms with Gasteiger partial charge in [-0.15, -0.1) is 11.6 Å². The van der Waals surface area contributed by atoms with E-state index < -0.39 is 10.9 Å². The van der Waals surface area contributed by atoms with Gasteiger partial charge in [0.15, 0.2) is 0 Å². The largest absolute Gasteiger partial charge is 0.469 e. The highest BCUT2D eigenvalue weighted by atomic mass is 35.5. The minimum Gasteiger partial charge on any atom is -0.469 e. The number of methoxy groups -OCH3 is 1. The van der Waals surface area contributed by atoms with Crippen LogP contribution in [-0.2, 0) is 21.8 Å². The maximum atomic E-state index is 11.2. The standard InChI is InChI=1S/C11H9ClN2O4/c1-18-11(15)4-7-2-3-10(14(16)17)9(6-13)8(7)5-12/h2-3H,4-5H2,1H3. The van der Waals surface area contributed by atoms with E-state index in [9.17, 15) is 14.9 Å².